The first-order valence-corrected chi connectivity index (χ1v) is 8.16. The maximum Gasteiger partial charge on any atom is 0.159 e. The zero-order valence-corrected chi connectivity index (χ0v) is 13.7. The number of fused-ring (bicyclic) bond motifs is 3. The molecule has 1 aliphatic heterocycles. The van der Waals surface area contributed by atoms with Crippen molar-refractivity contribution in [2.45, 2.75) is 39.9 Å². The molecule has 0 atom stereocenters. The van der Waals surface area contributed by atoms with Crippen molar-refractivity contribution in [3.8, 4) is 16.9 Å². The molecule has 0 amide bonds. The van der Waals surface area contributed by atoms with Crippen LogP contribution in [0.5, 0.6) is 5.75 Å². The lowest BCUT2D eigenvalue weighted by atomic mass is 9.94. The second-order valence-electron chi connectivity index (χ2n) is 5.94. The molecule has 2 aromatic carbocycles. The number of rotatable bonds is 5. The average Bonchev–Trinajstić information content (AvgIpc) is 2.73. The molecule has 0 spiro atoms. The van der Waals surface area contributed by atoms with E-state index < -0.39 is 0 Å². The summed E-state index contributed by atoms with van der Waals surface area (Å²) in [5.74, 6) is 0.964. The zero-order valence-electron chi connectivity index (χ0n) is 13.7. The molecule has 3 heteroatoms. The molecular formula is C20H22O3. The van der Waals surface area contributed by atoms with Gasteiger partial charge in [-0.15, -0.1) is 0 Å². The molecule has 0 fully saturated rings. The zero-order chi connectivity index (χ0) is 16.2. The Morgan fingerprint density at radius 2 is 1.91 bits per heavy atom. The maximum absolute atomic E-state index is 11.7. The van der Waals surface area contributed by atoms with Gasteiger partial charge in [0.25, 0.3) is 0 Å². The number of hydrogen-bond acceptors (Lipinski definition) is 3. The summed E-state index contributed by atoms with van der Waals surface area (Å²) in [7, 11) is 0. The van der Waals surface area contributed by atoms with Crippen LogP contribution in [0, 0.1) is 0 Å². The Bertz CT molecular complexity index is 719. The van der Waals surface area contributed by atoms with Gasteiger partial charge in [-0.3, -0.25) is 4.79 Å². The SMILES string of the molecule is CCCCOc1ccc2c(c1)COCc1ccc(C(C)=O)cc1-2. The molecule has 0 bridgehead atoms. The van der Waals surface area contributed by atoms with Crippen LogP contribution in [-0.2, 0) is 18.0 Å². The predicted molar refractivity (Wildman–Crippen MR) is 90.8 cm³/mol. The van der Waals surface area contributed by atoms with E-state index in [0.29, 0.717) is 13.2 Å². The van der Waals surface area contributed by atoms with Gasteiger partial charge in [0, 0.05) is 5.56 Å². The fraction of sp³-hybridized carbons (Fsp3) is 0.350. The summed E-state index contributed by atoms with van der Waals surface area (Å²) < 4.78 is 11.6. The largest absolute Gasteiger partial charge is 0.494 e. The quantitative estimate of drug-likeness (QED) is 0.589. The fourth-order valence-electron chi connectivity index (χ4n) is 2.82. The molecule has 0 saturated heterocycles. The van der Waals surface area contributed by atoms with Gasteiger partial charge >= 0.3 is 0 Å². The topological polar surface area (TPSA) is 35.5 Å². The minimum atomic E-state index is 0.0824. The molecule has 0 radical (unpaired) electrons. The summed E-state index contributed by atoms with van der Waals surface area (Å²) in [5.41, 5.74) is 5.18. The van der Waals surface area contributed by atoms with Gasteiger partial charge in [-0.1, -0.05) is 31.5 Å². The van der Waals surface area contributed by atoms with Gasteiger partial charge < -0.3 is 9.47 Å². The number of carbonyl (C=O) groups excluding carboxylic acids is 1. The van der Waals surface area contributed by atoms with Crippen LogP contribution in [0.25, 0.3) is 11.1 Å². The van der Waals surface area contributed by atoms with E-state index >= 15 is 0 Å². The molecule has 0 unspecified atom stereocenters. The lowest BCUT2D eigenvalue weighted by Gasteiger charge is -2.12. The number of Topliss-reactive ketones (excluding diaryl/α,β-unsaturated/α-hetero) is 1. The monoisotopic (exact) mass is 310 g/mol. The van der Waals surface area contributed by atoms with Gasteiger partial charge in [-0.25, -0.2) is 0 Å². The van der Waals surface area contributed by atoms with Crippen molar-refractivity contribution in [2.75, 3.05) is 6.61 Å². The summed E-state index contributed by atoms with van der Waals surface area (Å²) in [6, 6.07) is 12.0. The van der Waals surface area contributed by atoms with E-state index in [-0.39, 0.29) is 5.78 Å². The fourth-order valence-corrected chi connectivity index (χ4v) is 2.82. The second kappa shape index (κ2) is 6.97. The van der Waals surface area contributed by atoms with E-state index in [0.717, 1.165) is 53.0 Å². The highest BCUT2D eigenvalue weighted by molar-refractivity contribution is 5.95. The van der Waals surface area contributed by atoms with Crippen LogP contribution < -0.4 is 4.74 Å². The lowest BCUT2D eigenvalue weighted by Crippen LogP contribution is -1.98. The Morgan fingerprint density at radius 1 is 1.09 bits per heavy atom. The molecule has 0 aliphatic carbocycles. The van der Waals surface area contributed by atoms with Crippen molar-refractivity contribution in [3.05, 3.63) is 53.1 Å². The molecule has 1 aliphatic rings. The minimum Gasteiger partial charge on any atom is -0.494 e. The standard InChI is InChI=1S/C20H22O3/c1-3-4-9-23-18-7-8-19-17(10-18)13-22-12-16-6-5-15(14(2)21)11-20(16)19/h5-8,10-11H,3-4,9,12-13H2,1-2H3. The number of unbranched alkanes of at least 4 members (excludes halogenated alkanes) is 1. The van der Waals surface area contributed by atoms with E-state index in [9.17, 15) is 4.79 Å². The van der Waals surface area contributed by atoms with Gasteiger partial charge in [-0.05, 0) is 53.8 Å². The van der Waals surface area contributed by atoms with Crippen LogP contribution in [-0.4, -0.2) is 12.4 Å². The van der Waals surface area contributed by atoms with Crippen LogP contribution in [0.4, 0.5) is 0 Å². The average molecular weight is 310 g/mol. The van der Waals surface area contributed by atoms with Crippen molar-refractivity contribution >= 4 is 5.78 Å². The molecule has 1 heterocycles. The van der Waals surface area contributed by atoms with Crippen LogP contribution >= 0.6 is 0 Å². The van der Waals surface area contributed by atoms with E-state index in [1.807, 2.05) is 24.3 Å². The first-order valence-electron chi connectivity index (χ1n) is 8.16. The highest BCUT2D eigenvalue weighted by atomic mass is 16.5. The lowest BCUT2D eigenvalue weighted by molar-refractivity contribution is 0.101. The third-order valence-electron chi connectivity index (χ3n) is 4.17. The Labute approximate surface area is 137 Å². The third-order valence-corrected chi connectivity index (χ3v) is 4.17. The molecule has 3 rings (SSSR count). The summed E-state index contributed by atoms with van der Waals surface area (Å²) >= 11 is 0. The molecule has 0 N–H and O–H groups in total. The summed E-state index contributed by atoms with van der Waals surface area (Å²) in [6.07, 6.45) is 2.17. The normalized spacial score (nSPS) is 13.0. The van der Waals surface area contributed by atoms with Crippen LogP contribution in [0.1, 0.15) is 48.2 Å². The van der Waals surface area contributed by atoms with E-state index in [1.54, 1.807) is 6.92 Å². The molecule has 0 saturated carbocycles. The number of hydrogen-bond donors (Lipinski definition) is 0. The van der Waals surface area contributed by atoms with Crippen molar-refractivity contribution in [3.63, 3.8) is 0 Å². The molecule has 3 nitrogen and oxygen atoms in total. The summed E-state index contributed by atoms with van der Waals surface area (Å²) in [4.78, 5) is 11.7. The van der Waals surface area contributed by atoms with Crippen molar-refractivity contribution in [1.29, 1.82) is 0 Å². The number of ketones is 1. The van der Waals surface area contributed by atoms with Crippen molar-refractivity contribution in [1.82, 2.24) is 0 Å². The molecular weight excluding hydrogens is 288 g/mol. The number of carbonyl (C=O) groups is 1. The van der Waals surface area contributed by atoms with Crippen LogP contribution in [0.3, 0.4) is 0 Å². The van der Waals surface area contributed by atoms with Crippen LogP contribution in [0.15, 0.2) is 36.4 Å². The summed E-state index contributed by atoms with van der Waals surface area (Å²) in [5, 5.41) is 0. The van der Waals surface area contributed by atoms with Gasteiger partial charge in [0.15, 0.2) is 5.78 Å². The third kappa shape index (κ3) is 3.45. The molecule has 2 aromatic rings. The Hall–Kier alpha value is -2.13. The van der Waals surface area contributed by atoms with Gasteiger partial charge in [-0.2, -0.15) is 0 Å². The Morgan fingerprint density at radius 3 is 2.70 bits per heavy atom. The second-order valence-corrected chi connectivity index (χ2v) is 5.94. The Balaban J connectivity index is 1.97. The summed E-state index contributed by atoms with van der Waals surface area (Å²) in [6.45, 7) is 5.61. The van der Waals surface area contributed by atoms with Crippen molar-refractivity contribution in [2.24, 2.45) is 0 Å². The highest BCUT2D eigenvalue weighted by Gasteiger charge is 2.16. The Kier molecular flexibility index (Phi) is 4.77. The maximum atomic E-state index is 11.7. The minimum absolute atomic E-state index is 0.0824. The van der Waals surface area contributed by atoms with Gasteiger partial charge in [0.05, 0.1) is 19.8 Å². The van der Waals surface area contributed by atoms with E-state index in [2.05, 4.69) is 19.1 Å². The predicted octanol–water partition coefficient (Wildman–Crippen LogP) is 4.77. The van der Waals surface area contributed by atoms with Gasteiger partial charge in [0.2, 0.25) is 0 Å². The molecule has 0 aromatic heterocycles. The molecule has 23 heavy (non-hydrogen) atoms. The number of ether oxygens (including phenoxy) is 2. The smallest absolute Gasteiger partial charge is 0.159 e. The van der Waals surface area contributed by atoms with E-state index in [4.69, 9.17) is 9.47 Å². The van der Waals surface area contributed by atoms with E-state index in [1.165, 1.54) is 0 Å². The van der Waals surface area contributed by atoms with Gasteiger partial charge in [0.1, 0.15) is 5.75 Å². The first-order chi connectivity index (χ1) is 11.2. The van der Waals surface area contributed by atoms with Crippen molar-refractivity contribution < 1.29 is 14.3 Å². The highest BCUT2D eigenvalue weighted by Crippen LogP contribution is 2.34. The first kappa shape index (κ1) is 15.8. The molecule has 120 valence electrons. The number of benzene rings is 2. The van der Waals surface area contributed by atoms with Crippen LogP contribution in [0.2, 0.25) is 0 Å².